The highest BCUT2D eigenvalue weighted by atomic mass is 35.5. The van der Waals surface area contributed by atoms with Gasteiger partial charge in [0.1, 0.15) is 0 Å². The summed E-state index contributed by atoms with van der Waals surface area (Å²) in [5.41, 5.74) is 7.83. The molecule has 0 saturated carbocycles. The van der Waals surface area contributed by atoms with Gasteiger partial charge in [-0.25, -0.2) is 0 Å². The first-order valence-electron chi connectivity index (χ1n) is 6.34. The molecular formula is C13H24ClN3O. The molecular weight excluding hydrogens is 250 g/mol. The van der Waals surface area contributed by atoms with E-state index in [0.717, 1.165) is 22.8 Å². The number of nitrogens with zero attached hydrogens (tertiary/aromatic N) is 2. The number of hydrogen-bond acceptors (Lipinski definition) is 3. The first-order chi connectivity index (χ1) is 8.24. The van der Waals surface area contributed by atoms with Crippen molar-refractivity contribution in [1.29, 1.82) is 0 Å². The number of hydrogen-bond donors (Lipinski definition) is 1. The summed E-state index contributed by atoms with van der Waals surface area (Å²) in [5, 5.41) is 5.12. The van der Waals surface area contributed by atoms with Gasteiger partial charge in [0, 0.05) is 19.5 Å². The lowest BCUT2D eigenvalue weighted by molar-refractivity contribution is -0.00999. The van der Waals surface area contributed by atoms with Gasteiger partial charge in [0.15, 0.2) is 0 Å². The molecule has 0 radical (unpaired) electrons. The second-order valence-electron chi connectivity index (χ2n) is 5.57. The Morgan fingerprint density at radius 2 is 2.06 bits per heavy atom. The van der Waals surface area contributed by atoms with E-state index in [2.05, 4.69) is 5.10 Å². The Balaban J connectivity index is 2.64. The summed E-state index contributed by atoms with van der Waals surface area (Å²) < 4.78 is 7.50. The maximum atomic E-state index is 6.28. The average molecular weight is 274 g/mol. The summed E-state index contributed by atoms with van der Waals surface area (Å²) in [6, 6.07) is -0.0677. The topological polar surface area (TPSA) is 53.1 Å². The zero-order chi connectivity index (χ0) is 13.9. The van der Waals surface area contributed by atoms with Gasteiger partial charge in [0.2, 0.25) is 0 Å². The van der Waals surface area contributed by atoms with Crippen molar-refractivity contribution >= 4 is 11.6 Å². The van der Waals surface area contributed by atoms with Gasteiger partial charge in [-0.15, -0.1) is 0 Å². The minimum Gasteiger partial charge on any atom is -0.374 e. The molecule has 1 heterocycles. The molecule has 0 bridgehead atoms. The largest absolute Gasteiger partial charge is 0.374 e. The smallest absolute Gasteiger partial charge is 0.0850 e. The minimum atomic E-state index is -0.164. The summed E-state index contributed by atoms with van der Waals surface area (Å²) in [7, 11) is 1.90. The van der Waals surface area contributed by atoms with Crippen molar-refractivity contribution in [2.45, 2.75) is 52.2 Å². The molecule has 1 rings (SSSR count). The van der Waals surface area contributed by atoms with Crippen molar-refractivity contribution in [3.63, 3.8) is 0 Å². The summed E-state index contributed by atoms with van der Waals surface area (Å²) in [6.07, 6.45) is 1.51. The molecule has 1 atom stereocenters. The summed E-state index contributed by atoms with van der Waals surface area (Å²) in [4.78, 5) is 0. The molecule has 0 aromatic carbocycles. The van der Waals surface area contributed by atoms with E-state index in [9.17, 15) is 0 Å². The van der Waals surface area contributed by atoms with Crippen molar-refractivity contribution in [1.82, 2.24) is 9.78 Å². The minimum absolute atomic E-state index is 0.0677. The zero-order valence-corrected chi connectivity index (χ0v) is 12.7. The van der Waals surface area contributed by atoms with Gasteiger partial charge >= 0.3 is 0 Å². The predicted octanol–water partition coefficient (Wildman–Crippen LogP) is 2.32. The van der Waals surface area contributed by atoms with Gasteiger partial charge in [0.25, 0.3) is 0 Å². The Hall–Kier alpha value is -0.580. The van der Waals surface area contributed by atoms with Gasteiger partial charge in [-0.05, 0) is 27.2 Å². The van der Waals surface area contributed by atoms with Crippen LogP contribution >= 0.6 is 11.6 Å². The number of halogens is 1. The fourth-order valence-corrected chi connectivity index (χ4v) is 2.08. The molecule has 0 aliphatic rings. The molecule has 0 aliphatic heterocycles. The van der Waals surface area contributed by atoms with E-state index in [-0.39, 0.29) is 11.6 Å². The second kappa shape index (κ2) is 6.04. The molecule has 4 nitrogen and oxygen atoms in total. The maximum Gasteiger partial charge on any atom is 0.0850 e. The van der Waals surface area contributed by atoms with Crippen LogP contribution in [0.5, 0.6) is 0 Å². The number of aryl methyl sites for hydroxylation is 2. The Morgan fingerprint density at radius 3 is 2.50 bits per heavy atom. The average Bonchev–Trinajstić information content (AvgIpc) is 2.53. The molecule has 0 fully saturated rings. The lowest BCUT2D eigenvalue weighted by atomic mass is 10.1. The fourth-order valence-electron chi connectivity index (χ4n) is 1.71. The van der Waals surface area contributed by atoms with Crippen LogP contribution in [0.15, 0.2) is 0 Å². The van der Waals surface area contributed by atoms with Gasteiger partial charge < -0.3 is 10.5 Å². The standard InChI is InChI=1S/C13H24ClN3O/c1-6-10-12(14)11(17(5)16-10)7-9(15)8-18-13(2,3)4/h9H,6-8,15H2,1-5H3. The molecule has 2 N–H and O–H groups in total. The van der Waals surface area contributed by atoms with Gasteiger partial charge in [-0.3, -0.25) is 4.68 Å². The van der Waals surface area contributed by atoms with Gasteiger partial charge in [0.05, 0.1) is 28.6 Å². The third-order valence-corrected chi connectivity index (χ3v) is 3.13. The Bertz CT molecular complexity index is 396. The van der Waals surface area contributed by atoms with Crippen LogP contribution in [0.3, 0.4) is 0 Å². The number of nitrogens with two attached hydrogens (primary N) is 1. The molecule has 104 valence electrons. The van der Waals surface area contributed by atoms with E-state index in [1.807, 2.05) is 39.4 Å². The first-order valence-corrected chi connectivity index (χ1v) is 6.72. The molecule has 5 heteroatoms. The summed E-state index contributed by atoms with van der Waals surface area (Å²) in [5.74, 6) is 0. The van der Waals surface area contributed by atoms with E-state index >= 15 is 0 Å². The van der Waals surface area contributed by atoms with E-state index in [0.29, 0.717) is 13.0 Å². The highest BCUT2D eigenvalue weighted by molar-refractivity contribution is 6.31. The summed E-state index contributed by atoms with van der Waals surface area (Å²) in [6.45, 7) is 8.62. The van der Waals surface area contributed by atoms with Gasteiger partial charge in [-0.2, -0.15) is 5.10 Å². The molecule has 1 aromatic heterocycles. The molecule has 1 unspecified atom stereocenters. The number of rotatable bonds is 5. The van der Waals surface area contributed by atoms with E-state index in [4.69, 9.17) is 22.1 Å². The highest BCUT2D eigenvalue weighted by Crippen LogP contribution is 2.22. The quantitative estimate of drug-likeness (QED) is 0.896. The van der Waals surface area contributed by atoms with Crippen molar-refractivity contribution in [2.75, 3.05) is 6.61 Å². The maximum absolute atomic E-state index is 6.28. The van der Waals surface area contributed by atoms with Crippen LogP contribution < -0.4 is 5.73 Å². The van der Waals surface area contributed by atoms with Crippen LogP contribution in [-0.2, 0) is 24.6 Å². The lowest BCUT2D eigenvalue weighted by Gasteiger charge is -2.22. The summed E-state index contributed by atoms with van der Waals surface area (Å²) >= 11 is 6.28. The highest BCUT2D eigenvalue weighted by Gasteiger charge is 2.18. The molecule has 1 aromatic rings. The van der Waals surface area contributed by atoms with Crippen molar-refractivity contribution in [3.8, 4) is 0 Å². The van der Waals surface area contributed by atoms with Gasteiger partial charge in [-0.1, -0.05) is 18.5 Å². The van der Waals surface area contributed by atoms with Crippen LogP contribution in [0.4, 0.5) is 0 Å². The SMILES string of the molecule is CCc1nn(C)c(CC(N)COC(C)(C)C)c1Cl. The molecule has 0 saturated heterocycles. The Kier molecular flexibility index (Phi) is 5.20. The molecule has 0 spiro atoms. The zero-order valence-electron chi connectivity index (χ0n) is 12.0. The number of aromatic nitrogens is 2. The van der Waals surface area contributed by atoms with Crippen LogP contribution in [0, 0.1) is 0 Å². The third-order valence-electron chi connectivity index (χ3n) is 2.69. The molecule has 18 heavy (non-hydrogen) atoms. The predicted molar refractivity (Wildman–Crippen MR) is 75.0 cm³/mol. The monoisotopic (exact) mass is 273 g/mol. The van der Waals surface area contributed by atoms with Crippen LogP contribution in [-0.4, -0.2) is 28.0 Å². The van der Waals surface area contributed by atoms with Crippen molar-refractivity contribution < 1.29 is 4.74 Å². The van der Waals surface area contributed by atoms with Crippen molar-refractivity contribution in [2.24, 2.45) is 12.8 Å². The normalized spacial score (nSPS) is 13.9. The van der Waals surface area contributed by atoms with Crippen molar-refractivity contribution in [3.05, 3.63) is 16.4 Å². The van der Waals surface area contributed by atoms with Crippen LogP contribution in [0.1, 0.15) is 39.1 Å². The van der Waals surface area contributed by atoms with E-state index < -0.39 is 0 Å². The fraction of sp³-hybridized carbons (Fsp3) is 0.769. The molecule has 0 aliphatic carbocycles. The Morgan fingerprint density at radius 1 is 1.44 bits per heavy atom. The van der Waals surface area contributed by atoms with Crippen LogP contribution in [0.25, 0.3) is 0 Å². The lowest BCUT2D eigenvalue weighted by Crippen LogP contribution is -2.34. The number of ether oxygens (including phenoxy) is 1. The van der Waals surface area contributed by atoms with E-state index in [1.54, 1.807) is 0 Å². The third kappa shape index (κ3) is 4.26. The molecule has 0 amide bonds. The van der Waals surface area contributed by atoms with E-state index in [1.165, 1.54) is 0 Å². The Labute approximate surface area is 114 Å². The van der Waals surface area contributed by atoms with Crippen LogP contribution in [0.2, 0.25) is 5.02 Å². The first kappa shape index (κ1) is 15.5. The second-order valence-corrected chi connectivity index (χ2v) is 5.95.